The third-order valence-electron chi connectivity index (χ3n) is 4.24. The maximum absolute atomic E-state index is 13.0. The second kappa shape index (κ2) is 6.35. The average molecular weight is 329 g/mol. The van der Waals surface area contributed by atoms with Gasteiger partial charge >= 0.3 is 5.97 Å². The minimum Gasteiger partial charge on any atom is -0.491 e. The van der Waals surface area contributed by atoms with Crippen LogP contribution < -0.4 is 4.74 Å². The van der Waals surface area contributed by atoms with Crippen molar-refractivity contribution in [2.45, 2.75) is 26.4 Å². The minimum absolute atomic E-state index is 0.196. The summed E-state index contributed by atoms with van der Waals surface area (Å²) in [6.45, 7) is 4.83. The fourth-order valence-corrected chi connectivity index (χ4v) is 3.00. The number of carbonyl (C=O) groups is 2. The van der Waals surface area contributed by atoms with E-state index in [1.54, 1.807) is 28.9 Å². The molecule has 7 heteroatoms. The van der Waals surface area contributed by atoms with E-state index in [0.29, 0.717) is 23.4 Å². The standard InChI is InChI=1S/C17H19N3O4/c1-3-20-11(2)13(10-18-20)16(21)19-8-9-24-14-7-5-4-6-12(14)15(19)17(22)23/h4-7,10,15H,3,8-9H2,1-2H3,(H,22,23). The topological polar surface area (TPSA) is 84.7 Å². The molecule has 1 aliphatic heterocycles. The van der Waals surface area contributed by atoms with Gasteiger partial charge in [-0.25, -0.2) is 4.79 Å². The largest absolute Gasteiger partial charge is 0.491 e. The highest BCUT2D eigenvalue weighted by atomic mass is 16.5. The first-order chi connectivity index (χ1) is 11.5. The zero-order chi connectivity index (χ0) is 17.3. The maximum Gasteiger partial charge on any atom is 0.331 e. The van der Waals surface area contributed by atoms with Crippen molar-refractivity contribution < 1.29 is 19.4 Å². The summed E-state index contributed by atoms with van der Waals surface area (Å²) >= 11 is 0. The number of fused-ring (bicyclic) bond motifs is 1. The number of hydrogen-bond donors (Lipinski definition) is 1. The molecule has 2 aromatic rings. The Morgan fingerprint density at radius 2 is 2.12 bits per heavy atom. The molecule has 0 aliphatic carbocycles. The first-order valence-corrected chi connectivity index (χ1v) is 7.82. The molecule has 0 spiro atoms. The molecule has 1 aromatic heterocycles. The Hall–Kier alpha value is -2.83. The van der Waals surface area contributed by atoms with Gasteiger partial charge in [-0.2, -0.15) is 5.10 Å². The van der Waals surface area contributed by atoms with Crippen LogP contribution in [-0.2, 0) is 11.3 Å². The number of aryl methyl sites for hydroxylation is 1. The van der Waals surface area contributed by atoms with Crippen LogP contribution in [0.1, 0.15) is 34.6 Å². The van der Waals surface area contributed by atoms with Crippen molar-refractivity contribution in [3.8, 4) is 5.75 Å². The van der Waals surface area contributed by atoms with Crippen LogP contribution in [0.25, 0.3) is 0 Å². The summed E-state index contributed by atoms with van der Waals surface area (Å²) in [6.07, 6.45) is 1.50. The summed E-state index contributed by atoms with van der Waals surface area (Å²) in [7, 11) is 0. The Morgan fingerprint density at radius 3 is 2.79 bits per heavy atom. The molecule has 2 heterocycles. The van der Waals surface area contributed by atoms with E-state index in [4.69, 9.17) is 4.74 Å². The molecular formula is C17H19N3O4. The normalized spacial score (nSPS) is 16.9. The van der Waals surface area contributed by atoms with Gasteiger partial charge in [0.2, 0.25) is 0 Å². The smallest absolute Gasteiger partial charge is 0.331 e. The lowest BCUT2D eigenvalue weighted by atomic mass is 10.0. The van der Waals surface area contributed by atoms with E-state index < -0.39 is 12.0 Å². The highest BCUT2D eigenvalue weighted by molar-refractivity contribution is 5.97. The van der Waals surface area contributed by atoms with Crippen molar-refractivity contribution >= 4 is 11.9 Å². The number of carbonyl (C=O) groups excluding carboxylic acids is 1. The van der Waals surface area contributed by atoms with Gasteiger partial charge in [0.05, 0.1) is 18.3 Å². The molecule has 0 bridgehead atoms. The quantitative estimate of drug-likeness (QED) is 0.929. The van der Waals surface area contributed by atoms with Gasteiger partial charge in [-0.3, -0.25) is 9.48 Å². The van der Waals surface area contributed by atoms with Crippen LogP contribution in [0, 0.1) is 6.92 Å². The molecule has 1 amide bonds. The van der Waals surface area contributed by atoms with E-state index in [2.05, 4.69) is 5.10 Å². The Labute approximate surface area is 139 Å². The fraction of sp³-hybridized carbons (Fsp3) is 0.353. The molecule has 0 fully saturated rings. The number of amides is 1. The molecule has 1 aliphatic rings. The number of aromatic nitrogens is 2. The molecule has 1 unspecified atom stereocenters. The summed E-state index contributed by atoms with van der Waals surface area (Å²) in [4.78, 5) is 26.2. The molecule has 1 N–H and O–H groups in total. The molecule has 0 saturated carbocycles. The van der Waals surface area contributed by atoms with Gasteiger partial charge in [-0.05, 0) is 19.9 Å². The van der Waals surface area contributed by atoms with Crippen LogP contribution in [0.2, 0.25) is 0 Å². The first-order valence-electron chi connectivity index (χ1n) is 7.82. The Kier molecular flexibility index (Phi) is 4.24. The van der Waals surface area contributed by atoms with Crippen molar-refractivity contribution in [2.75, 3.05) is 13.2 Å². The third-order valence-corrected chi connectivity index (χ3v) is 4.24. The first kappa shape index (κ1) is 16.0. The summed E-state index contributed by atoms with van der Waals surface area (Å²) in [5.41, 5.74) is 1.63. The molecule has 0 radical (unpaired) electrons. The molecule has 126 valence electrons. The number of benzene rings is 1. The molecule has 7 nitrogen and oxygen atoms in total. The van der Waals surface area contributed by atoms with Crippen molar-refractivity contribution in [3.05, 3.63) is 47.3 Å². The second-order valence-electron chi connectivity index (χ2n) is 5.59. The number of para-hydroxylation sites is 1. The van der Waals surface area contributed by atoms with E-state index in [0.717, 1.165) is 5.69 Å². The van der Waals surface area contributed by atoms with Crippen LogP contribution in [-0.4, -0.2) is 44.8 Å². The zero-order valence-corrected chi connectivity index (χ0v) is 13.6. The lowest BCUT2D eigenvalue weighted by molar-refractivity contribution is -0.142. The average Bonchev–Trinajstić information content (AvgIpc) is 2.83. The monoisotopic (exact) mass is 329 g/mol. The molecule has 0 saturated heterocycles. The molecule has 1 aromatic carbocycles. The van der Waals surface area contributed by atoms with E-state index in [1.165, 1.54) is 11.1 Å². The van der Waals surface area contributed by atoms with Gasteiger partial charge in [0.15, 0.2) is 6.04 Å². The Balaban J connectivity index is 2.03. The van der Waals surface area contributed by atoms with E-state index in [1.807, 2.05) is 13.8 Å². The SMILES string of the molecule is CCn1ncc(C(=O)N2CCOc3ccccc3C2C(=O)O)c1C. The summed E-state index contributed by atoms with van der Waals surface area (Å²) < 4.78 is 7.34. The van der Waals surface area contributed by atoms with Gasteiger partial charge < -0.3 is 14.7 Å². The van der Waals surface area contributed by atoms with Crippen LogP contribution in [0.5, 0.6) is 5.75 Å². The Bertz CT molecular complexity index is 784. The lowest BCUT2D eigenvalue weighted by Crippen LogP contribution is -2.40. The van der Waals surface area contributed by atoms with E-state index >= 15 is 0 Å². The predicted octanol–water partition coefficient (Wildman–Crippen LogP) is 1.87. The van der Waals surface area contributed by atoms with E-state index in [9.17, 15) is 14.7 Å². The van der Waals surface area contributed by atoms with Crippen molar-refractivity contribution in [1.29, 1.82) is 0 Å². The van der Waals surface area contributed by atoms with Crippen LogP contribution in [0.4, 0.5) is 0 Å². The minimum atomic E-state index is -1.08. The van der Waals surface area contributed by atoms with Crippen molar-refractivity contribution in [2.24, 2.45) is 0 Å². The molecular weight excluding hydrogens is 310 g/mol. The number of nitrogens with zero attached hydrogens (tertiary/aromatic N) is 3. The third kappa shape index (κ3) is 2.62. The molecule has 3 rings (SSSR count). The van der Waals surface area contributed by atoms with Crippen LogP contribution in [0.15, 0.2) is 30.5 Å². The predicted molar refractivity (Wildman–Crippen MR) is 86.0 cm³/mol. The number of rotatable bonds is 3. The van der Waals surface area contributed by atoms with Gasteiger partial charge in [0.1, 0.15) is 12.4 Å². The lowest BCUT2D eigenvalue weighted by Gasteiger charge is -2.26. The summed E-state index contributed by atoms with van der Waals surface area (Å²) in [5, 5.41) is 13.9. The van der Waals surface area contributed by atoms with Gasteiger partial charge in [0.25, 0.3) is 5.91 Å². The van der Waals surface area contributed by atoms with Crippen LogP contribution >= 0.6 is 0 Å². The van der Waals surface area contributed by atoms with Crippen LogP contribution in [0.3, 0.4) is 0 Å². The number of carboxylic acid groups (broad SMARTS) is 1. The van der Waals surface area contributed by atoms with Gasteiger partial charge in [-0.1, -0.05) is 18.2 Å². The number of carboxylic acids is 1. The summed E-state index contributed by atoms with van der Waals surface area (Å²) in [5.74, 6) is -0.928. The zero-order valence-electron chi connectivity index (χ0n) is 13.6. The molecule has 1 atom stereocenters. The number of hydrogen-bond acceptors (Lipinski definition) is 4. The highest BCUT2D eigenvalue weighted by Crippen LogP contribution is 2.33. The van der Waals surface area contributed by atoms with Crippen molar-refractivity contribution in [3.63, 3.8) is 0 Å². The van der Waals surface area contributed by atoms with Gasteiger partial charge in [0, 0.05) is 17.8 Å². The highest BCUT2D eigenvalue weighted by Gasteiger charge is 2.36. The summed E-state index contributed by atoms with van der Waals surface area (Å²) in [6, 6.07) is 5.85. The molecule has 24 heavy (non-hydrogen) atoms. The number of ether oxygens (including phenoxy) is 1. The second-order valence-corrected chi connectivity index (χ2v) is 5.59. The fourth-order valence-electron chi connectivity index (χ4n) is 3.00. The van der Waals surface area contributed by atoms with Gasteiger partial charge in [-0.15, -0.1) is 0 Å². The van der Waals surface area contributed by atoms with Crippen molar-refractivity contribution in [1.82, 2.24) is 14.7 Å². The Morgan fingerprint density at radius 1 is 1.38 bits per heavy atom. The maximum atomic E-state index is 13.0. The number of aliphatic carboxylic acids is 1. The van der Waals surface area contributed by atoms with E-state index in [-0.39, 0.29) is 19.1 Å².